The van der Waals surface area contributed by atoms with Crippen LogP contribution in [0.25, 0.3) is 16.9 Å². The second-order valence-corrected chi connectivity index (χ2v) is 4.50. The van der Waals surface area contributed by atoms with Gasteiger partial charge in [0.15, 0.2) is 5.65 Å². The third-order valence-corrected chi connectivity index (χ3v) is 2.94. The molecule has 2 heterocycles. The minimum Gasteiger partial charge on any atom is -0.363 e. The minimum absolute atomic E-state index is 0.248. The highest BCUT2D eigenvalue weighted by atomic mass is 19.1. The van der Waals surface area contributed by atoms with Crippen molar-refractivity contribution in [1.82, 2.24) is 14.6 Å². The van der Waals surface area contributed by atoms with Crippen LogP contribution in [-0.4, -0.2) is 28.7 Å². The predicted molar refractivity (Wildman–Crippen MR) is 72.7 cm³/mol. The molecule has 0 spiro atoms. The van der Waals surface area contributed by atoms with Gasteiger partial charge in [0, 0.05) is 31.8 Å². The Bertz CT molecular complexity index is 716. The van der Waals surface area contributed by atoms with Crippen LogP contribution in [0.2, 0.25) is 0 Å². The summed E-state index contributed by atoms with van der Waals surface area (Å²) in [6.45, 7) is 0. The van der Waals surface area contributed by atoms with Gasteiger partial charge in [0.2, 0.25) is 0 Å². The first kappa shape index (κ1) is 11.6. The van der Waals surface area contributed by atoms with Crippen molar-refractivity contribution in [2.45, 2.75) is 0 Å². The highest BCUT2D eigenvalue weighted by Gasteiger charge is 2.09. The fraction of sp³-hybridized carbons (Fsp3) is 0.143. The van der Waals surface area contributed by atoms with Crippen LogP contribution in [0.4, 0.5) is 10.2 Å². The average Bonchev–Trinajstić information content (AvgIpc) is 2.86. The molecular formula is C14H13FN4. The van der Waals surface area contributed by atoms with Gasteiger partial charge in [-0.25, -0.2) is 9.37 Å². The fourth-order valence-electron chi connectivity index (χ4n) is 1.98. The SMILES string of the molecule is CN(C)c1cc(-c2ccc(F)cc2)nc2ccnn12. The zero-order valence-electron chi connectivity index (χ0n) is 10.7. The molecule has 0 atom stereocenters. The largest absolute Gasteiger partial charge is 0.363 e. The lowest BCUT2D eigenvalue weighted by atomic mass is 10.1. The van der Waals surface area contributed by atoms with Gasteiger partial charge in [-0.15, -0.1) is 0 Å². The molecule has 0 saturated heterocycles. The smallest absolute Gasteiger partial charge is 0.157 e. The minimum atomic E-state index is -0.248. The molecule has 3 aromatic rings. The van der Waals surface area contributed by atoms with Gasteiger partial charge in [0.1, 0.15) is 11.6 Å². The van der Waals surface area contributed by atoms with Crippen molar-refractivity contribution >= 4 is 11.5 Å². The molecule has 5 heteroatoms. The van der Waals surface area contributed by atoms with Crippen LogP contribution in [0, 0.1) is 5.82 Å². The van der Waals surface area contributed by atoms with E-state index in [4.69, 9.17) is 0 Å². The maximum atomic E-state index is 13.0. The maximum Gasteiger partial charge on any atom is 0.157 e. The van der Waals surface area contributed by atoms with E-state index in [1.54, 1.807) is 22.8 Å². The molecule has 0 unspecified atom stereocenters. The number of fused-ring (bicyclic) bond motifs is 1. The van der Waals surface area contributed by atoms with Crippen molar-refractivity contribution < 1.29 is 4.39 Å². The Morgan fingerprint density at radius 3 is 2.53 bits per heavy atom. The van der Waals surface area contributed by atoms with Gasteiger partial charge in [-0.2, -0.15) is 9.61 Å². The number of aromatic nitrogens is 3. The lowest BCUT2D eigenvalue weighted by Crippen LogP contribution is -2.14. The number of nitrogens with zero attached hydrogens (tertiary/aromatic N) is 4. The summed E-state index contributed by atoms with van der Waals surface area (Å²) in [5, 5.41) is 4.24. The molecule has 2 aromatic heterocycles. The monoisotopic (exact) mass is 256 g/mol. The first-order valence-electron chi connectivity index (χ1n) is 5.93. The van der Waals surface area contributed by atoms with Gasteiger partial charge in [-0.3, -0.25) is 0 Å². The van der Waals surface area contributed by atoms with E-state index < -0.39 is 0 Å². The van der Waals surface area contributed by atoms with Crippen LogP contribution in [-0.2, 0) is 0 Å². The quantitative estimate of drug-likeness (QED) is 0.706. The summed E-state index contributed by atoms with van der Waals surface area (Å²) >= 11 is 0. The third kappa shape index (κ3) is 2.03. The van der Waals surface area contributed by atoms with Crippen LogP contribution in [0.1, 0.15) is 0 Å². The lowest BCUT2D eigenvalue weighted by molar-refractivity contribution is 0.628. The van der Waals surface area contributed by atoms with Gasteiger partial charge < -0.3 is 4.90 Å². The average molecular weight is 256 g/mol. The summed E-state index contributed by atoms with van der Waals surface area (Å²) in [4.78, 5) is 6.50. The van der Waals surface area contributed by atoms with E-state index in [2.05, 4.69) is 10.1 Å². The number of benzene rings is 1. The Morgan fingerprint density at radius 1 is 1.11 bits per heavy atom. The molecule has 0 aliphatic heterocycles. The van der Waals surface area contributed by atoms with E-state index in [0.29, 0.717) is 0 Å². The summed E-state index contributed by atoms with van der Waals surface area (Å²) in [5.41, 5.74) is 2.45. The van der Waals surface area contributed by atoms with Gasteiger partial charge >= 0.3 is 0 Å². The van der Waals surface area contributed by atoms with Crippen molar-refractivity contribution in [1.29, 1.82) is 0 Å². The summed E-state index contributed by atoms with van der Waals surface area (Å²) in [5.74, 6) is 0.677. The second-order valence-electron chi connectivity index (χ2n) is 4.50. The van der Waals surface area contributed by atoms with E-state index in [1.807, 2.05) is 31.1 Å². The van der Waals surface area contributed by atoms with Crippen LogP contribution in [0.15, 0.2) is 42.6 Å². The summed E-state index contributed by atoms with van der Waals surface area (Å²) < 4.78 is 14.7. The first-order valence-corrected chi connectivity index (χ1v) is 5.93. The second kappa shape index (κ2) is 4.35. The van der Waals surface area contributed by atoms with E-state index in [0.717, 1.165) is 22.7 Å². The Hall–Kier alpha value is -2.43. The van der Waals surface area contributed by atoms with Gasteiger partial charge in [-0.1, -0.05) is 0 Å². The molecule has 3 rings (SSSR count). The van der Waals surface area contributed by atoms with Crippen LogP contribution < -0.4 is 4.90 Å². The van der Waals surface area contributed by atoms with E-state index in [9.17, 15) is 4.39 Å². The maximum absolute atomic E-state index is 13.0. The Balaban J connectivity index is 2.21. The van der Waals surface area contributed by atoms with Crippen molar-refractivity contribution in [2.24, 2.45) is 0 Å². The highest BCUT2D eigenvalue weighted by molar-refractivity contribution is 5.66. The molecule has 0 bridgehead atoms. The Labute approximate surface area is 110 Å². The zero-order valence-corrected chi connectivity index (χ0v) is 10.7. The topological polar surface area (TPSA) is 33.4 Å². The van der Waals surface area contributed by atoms with E-state index in [-0.39, 0.29) is 5.82 Å². The summed E-state index contributed by atoms with van der Waals surface area (Å²) in [7, 11) is 3.90. The number of hydrogen-bond donors (Lipinski definition) is 0. The standard InChI is InChI=1S/C14H13FN4/c1-18(2)14-9-12(10-3-5-11(15)6-4-10)17-13-7-8-16-19(13)14/h3-9H,1-2H3. The van der Waals surface area contributed by atoms with Crippen LogP contribution in [0.3, 0.4) is 0 Å². The highest BCUT2D eigenvalue weighted by Crippen LogP contribution is 2.23. The van der Waals surface area contributed by atoms with Gasteiger partial charge in [-0.05, 0) is 24.3 Å². The normalized spacial score (nSPS) is 10.9. The molecule has 0 aliphatic carbocycles. The predicted octanol–water partition coefficient (Wildman–Crippen LogP) is 2.60. The Kier molecular flexibility index (Phi) is 2.67. The molecule has 4 nitrogen and oxygen atoms in total. The molecule has 0 aliphatic rings. The molecule has 1 aromatic carbocycles. The lowest BCUT2D eigenvalue weighted by Gasteiger charge is -2.15. The number of rotatable bonds is 2. The van der Waals surface area contributed by atoms with Gasteiger partial charge in [0.25, 0.3) is 0 Å². The van der Waals surface area contributed by atoms with Crippen molar-refractivity contribution in [3.05, 3.63) is 48.4 Å². The number of anilines is 1. The molecule has 0 amide bonds. The molecule has 0 saturated carbocycles. The number of halogens is 1. The fourth-order valence-corrected chi connectivity index (χ4v) is 1.98. The van der Waals surface area contributed by atoms with Crippen molar-refractivity contribution in [2.75, 3.05) is 19.0 Å². The molecule has 0 fully saturated rings. The summed E-state index contributed by atoms with van der Waals surface area (Å²) in [6.07, 6.45) is 1.71. The van der Waals surface area contributed by atoms with Crippen molar-refractivity contribution in [3.8, 4) is 11.3 Å². The molecule has 0 N–H and O–H groups in total. The van der Waals surface area contributed by atoms with E-state index >= 15 is 0 Å². The molecular weight excluding hydrogens is 243 g/mol. The number of hydrogen-bond acceptors (Lipinski definition) is 3. The summed E-state index contributed by atoms with van der Waals surface area (Å²) in [6, 6.07) is 10.1. The Morgan fingerprint density at radius 2 is 1.84 bits per heavy atom. The van der Waals surface area contributed by atoms with Crippen molar-refractivity contribution in [3.63, 3.8) is 0 Å². The van der Waals surface area contributed by atoms with Gasteiger partial charge in [0.05, 0.1) is 11.9 Å². The van der Waals surface area contributed by atoms with Crippen LogP contribution in [0.5, 0.6) is 0 Å². The molecule has 19 heavy (non-hydrogen) atoms. The zero-order chi connectivity index (χ0) is 13.4. The first-order chi connectivity index (χ1) is 9.15. The van der Waals surface area contributed by atoms with E-state index in [1.165, 1.54) is 12.1 Å². The molecule has 0 radical (unpaired) electrons. The van der Waals surface area contributed by atoms with Crippen LogP contribution >= 0.6 is 0 Å². The molecule has 96 valence electrons. The third-order valence-electron chi connectivity index (χ3n) is 2.94.